The molecule has 1 rings (SSSR count). The van der Waals surface area contributed by atoms with Gasteiger partial charge in [0.1, 0.15) is 11.5 Å². The van der Waals surface area contributed by atoms with Gasteiger partial charge in [-0.1, -0.05) is 0 Å². The van der Waals surface area contributed by atoms with Crippen molar-refractivity contribution in [1.82, 2.24) is 10.6 Å². The van der Waals surface area contributed by atoms with Gasteiger partial charge < -0.3 is 29.6 Å². The quantitative estimate of drug-likeness (QED) is 0.380. The number of rotatable bonds is 10. The van der Waals surface area contributed by atoms with Crippen LogP contribution < -0.4 is 20.1 Å². The van der Waals surface area contributed by atoms with Crippen LogP contribution >= 0.6 is 0 Å². The van der Waals surface area contributed by atoms with E-state index in [1.54, 1.807) is 28.4 Å². The Morgan fingerprint density at radius 2 is 1.87 bits per heavy atom. The molecule has 0 aliphatic carbocycles. The largest absolute Gasteiger partial charge is 0.497 e. The molecular formula is C16H27N3O4. The predicted molar refractivity (Wildman–Crippen MR) is 90.4 cm³/mol. The fourth-order valence-corrected chi connectivity index (χ4v) is 1.88. The third-order valence-electron chi connectivity index (χ3n) is 3.13. The molecule has 0 spiro atoms. The van der Waals surface area contributed by atoms with Crippen LogP contribution in [0.4, 0.5) is 0 Å². The van der Waals surface area contributed by atoms with Crippen LogP contribution in [0.3, 0.4) is 0 Å². The summed E-state index contributed by atoms with van der Waals surface area (Å²) in [5.74, 6) is 2.25. The first-order chi connectivity index (χ1) is 11.2. The SMILES string of the molecule is CN=C(NCCOCCOC)NCc1ccc(OC)cc1OC. The minimum absolute atomic E-state index is 0.591. The average molecular weight is 325 g/mol. The van der Waals surface area contributed by atoms with Crippen LogP contribution in [0.25, 0.3) is 0 Å². The molecule has 7 heteroatoms. The second-order valence-corrected chi connectivity index (χ2v) is 4.64. The summed E-state index contributed by atoms with van der Waals surface area (Å²) < 4.78 is 20.9. The van der Waals surface area contributed by atoms with Crippen LogP contribution in [0, 0.1) is 0 Å². The second-order valence-electron chi connectivity index (χ2n) is 4.64. The predicted octanol–water partition coefficient (Wildman–Crippen LogP) is 1.03. The molecule has 1 aromatic rings. The Hall–Kier alpha value is -1.99. The van der Waals surface area contributed by atoms with Crippen molar-refractivity contribution in [1.29, 1.82) is 0 Å². The van der Waals surface area contributed by atoms with Crippen molar-refractivity contribution in [2.75, 3.05) is 54.7 Å². The highest BCUT2D eigenvalue weighted by Gasteiger charge is 2.06. The summed E-state index contributed by atoms with van der Waals surface area (Å²) in [6.45, 7) is 3.05. The van der Waals surface area contributed by atoms with Gasteiger partial charge in [0.05, 0.1) is 34.0 Å². The maximum absolute atomic E-state index is 5.39. The molecule has 23 heavy (non-hydrogen) atoms. The lowest BCUT2D eigenvalue weighted by Gasteiger charge is -2.14. The van der Waals surface area contributed by atoms with Crippen molar-refractivity contribution in [3.8, 4) is 11.5 Å². The summed E-state index contributed by atoms with van der Waals surface area (Å²) in [7, 11) is 6.66. The van der Waals surface area contributed by atoms with E-state index in [1.807, 2.05) is 18.2 Å². The molecule has 0 aliphatic heterocycles. The van der Waals surface area contributed by atoms with Gasteiger partial charge in [0.25, 0.3) is 0 Å². The van der Waals surface area contributed by atoms with Crippen molar-refractivity contribution in [2.24, 2.45) is 4.99 Å². The summed E-state index contributed by atoms with van der Waals surface area (Å²) in [4.78, 5) is 4.17. The summed E-state index contributed by atoms with van der Waals surface area (Å²) in [6, 6.07) is 5.72. The van der Waals surface area contributed by atoms with E-state index >= 15 is 0 Å². The smallest absolute Gasteiger partial charge is 0.191 e. The zero-order valence-electron chi connectivity index (χ0n) is 14.3. The fourth-order valence-electron chi connectivity index (χ4n) is 1.88. The van der Waals surface area contributed by atoms with Crippen molar-refractivity contribution < 1.29 is 18.9 Å². The Labute approximate surface area is 138 Å². The van der Waals surface area contributed by atoms with E-state index in [0.717, 1.165) is 17.1 Å². The molecule has 0 saturated carbocycles. The highest BCUT2D eigenvalue weighted by atomic mass is 16.5. The van der Waals surface area contributed by atoms with E-state index in [0.29, 0.717) is 38.9 Å². The number of benzene rings is 1. The van der Waals surface area contributed by atoms with Crippen molar-refractivity contribution in [3.63, 3.8) is 0 Å². The van der Waals surface area contributed by atoms with E-state index < -0.39 is 0 Å². The first-order valence-electron chi connectivity index (χ1n) is 7.47. The Kier molecular flexibility index (Phi) is 9.58. The third-order valence-corrected chi connectivity index (χ3v) is 3.13. The molecule has 0 heterocycles. The molecule has 0 saturated heterocycles. The van der Waals surface area contributed by atoms with Crippen LogP contribution in [0.5, 0.6) is 11.5 Å². The second kappa shape index (κ2) is 11.6. The molecule has 0 bridgehead atoms. The molecule has 7 nitrogen and oxygen atoms in total. The van der Waals surface area contributed by atoms with Gasteiger partial charge in [0.15, 0.2) is 5.96 Å². The standard InChI is InChI=1S/C16H27N3O4/c1-17-16(18-7-8-23-10-9-20-2)19-12-13-5-6-14(21-3)11-15(13)22-4/h5-6,11H,7-10,12H2,1-4H3,(H2,17,18,19). The first kappa shape index (κ1) is 19.1. The molecule has 0 unspecified atom stereocenters. The molecule has 1 aromatic carbocycles. The van der Waals surface area contributed by atoms with Gasteiger partial charge in [-0.15, -0.1) is 0 Å². The van der Waals surface area contributed by atoms with Crippen molar-refractivity contribution in [3.05, 3.63) is 23.8 Å². The number of hydrogen-bond donors (Lipinski definition) is 2. The maximum atomic E-state index is 5.39. The molecule has 0 aliphatic rings. The molecule has 0 aromatic heterocycles. The number of ether oxygens (including phenoxy) is 4. The van der Waals surface area contributed by atoms with E-state index in [9.17, 15) is 0 Å². The molecule has 0 fully saturated rings. The van der Waals surface area contributed by atoms with Crippen LogP contribution in [0.15, 0.2) is 23.2 Å². The van der Waals surface area contributed by atoms with E-state index in [1.165, 1.54) is 0 Å². The third kappa shape index (κ3) is 7.21. The van der Waals surface area contributed by atoms with Gasteiger partial charge in [0.2, 0.25) is 0 Å². The topological polar surface area (TPSA) is 73.3 Å². The lowest BCUT2D eigenvalue weighted by Crippen LogP contribution is -2.38. The lowest BCUT2D eigenvalue weighted by molar-refractivity contribution is 0.0733. The van der Waals surface area contributed by atoms with Gasteiger partial charge >= 0.3 is 0 Å². The average Bonchev–Trinajstić information content (AvgIpc) is 2.60. The number of nitrogens with zero attached hydrogens (tertiary/aromatic N) is 1. The van der Waals surface area contributed by atoms with Gasteiger partial charge in [-0.3, -0.25) is 4.99 Å². The zero-order chi connectivity index (χ0) is 16.9. The Balaban J connectivity index is 2.39. The highest BCUT2D eigenvalue weighted by molar-refractivity contribution is 5.79. The summed E-state index contributed by atoms with van der Waals surface area (Å²) in [6.07, 6.45) is 0. The number of aliphatic imine (C=N–C) groups is 1. The normalized spacial score (nSPS) is 11.2. The van der Waals surface area contributed by atoms with Crippen molar-refractivity contribution >= 4 is 5.96 Å². The summed E-state index contributed by atoms with van der Waals surface area (Å²) >= 11 is 0. The van der Waals surface area contributed by atoms with Gasteiger partial charge in [-0.2, -0.15) is 0 Å². The molecule has 0 radical (unpaired) electrons. The van der Waals surface area contributed by atoms with Crippen LogP contribution in [-0.4, -0.2) is 60.7 Å². The molecule has 0 amide bonds. The van der Waals surface area contributed by atoms with Crippen molar-refractivity contribution in [2.45, 2.75) is 6.54 Å². The molecule has 0 atom stereocenters. The summed E-state index contributed by atoms with van der Waals surface area (Å²) in [5.41, 5.74) is 1.02. The molecule has 130 valence electrons. The monoisotopic (exact) mass is 325 g/mol. The maximum Gasteiger partial charge on any atom is 0.191 e. The number of nitrogens with one attached hydrogen (secondary N) is 2. The van der Waals surface area contributed by atoms with Crippen LogP contribution in [0.1, 0.15) is 5.56 Å². The van der Waals surface area contributed by atoms with Gasteiger partial charge in [-0.25, -0.2) is 0 Å². The van der Waals surface area contributed by atoms with Crippen LogP contribution in [-0.2, 0) is 16.0 Å². The number of methoxy groups -OCH3 is 3. The first-order valence-corrected chi connectivity index (χ1v) is 7.47. The van der Waals surface area contributed by atoms with E-state index in [4.69, 9.17) is 18.9 Å². The minimum Gasteiger partial charge on any atom is -0.497 e. The van der Waals surface area contributed by atoms with Gasteiger partial charge in [-0.05, 0) is 12.1 Å². The van der Waals surface area contributed by atoms with E-state index in [2.05, 4.69) is 15.6 Å². The minimum atomic E-state index is 0.591. The molecular weight excluding hydrogens is 298 g/mol. The Morgan fingerprint density at radius 1 is 1.04 bits per heavy atom. The summed E-state index contributed by atoms with van der Waals surface area (Å²) in [5, 5.41) is 6.42. The number of guanidine groups is 1. The molecule has 2 N–H and O–H groups in total. The lowest BCUT2D eigenvalue weighted by atomic mass is 10.2. The number of hydrogen-bond acceptors (Lipinski definition) is 5. The van der Waals surface area contributed by atoms with Gasteiger partial charge in [0, 0.05) is 38.9 Å². The van der Waals surface area contributed by atoms with E-state index in [-0.39, 0.29) is 0 Å². The highest BCUT2D eigenvalue weighted by Crippen LogP contribution is 2.24. The zero-order valence-corrected chi connectivity index (χ0v) is 14.3. The Morgan fingerprint density at radius 3 is 2.52 bits per heavy atom. The Bertz CT molecular complexity index is 480. The van der Waals surface area contributed by atoms with Crippen LogP contribution in [0.2, 0.25) is 0 Å². The fraction of sp³-hybridized carbons (Fsp3) is 0.562.